The molecule has 0 unspecified atom stereocenters. The molecule has 0 radical (unpaired) electrons. The van der Waals surface area contributed by atoms with Crippen LogP contribution < -0.4 is 15.4 Å². The van der Waals surface area contributed by atoms with Crippen LogP contribution in [0.4, 0.5) is 0 Å². The van der Waals surface area contributed by atoms with Gasteiger partial charge in [-0.15, -0.1) is 0 Å². The van der Waals surface area contributed by atoms with Gasteiger partial charge >= 0.3 is 0 Å². The number of ether oxygens (including phenoxy) is 1. The van der Waals surface area contributed by atoms with Crippen molar-refractivity contribution in [1.82, 2.24) is 15.5 Å². The highest BCUT2D eigenvalue weighted by Crippen LogP contribution is 2.13. The van der Waals surface area contributed by atoms with Crippen molar-refractivity contribution in [3.8, 4) is 5.75 Å². The Kier molecular flexibility index (Phi) is 7.54. The molecule has 1 heterocycles. The smallest absolute Gasteiger partial charge is 0.191 e. The van der Waals surface area contributed by atoms with E-state index in [9.17, 15) is 0 Å². The molecule has 0 spiro atoms. The molecule has 0 amide bonds. The first-order valence-electron chi connectivity index (χ1n) is 9.76. The molecular weight excluding hydrogens is 336 g/mol. The molecule has 1 aliphatic heterocycles. The van der Waals surface area contributed by atoms with E-state index in [2.05, 4.69) is 44.8 Å². The van der Waals surface area contributed by atoms with Crippen LogP contribution in [0.3, 0.4) is 0 Å². The van der Waals surface area contributed by atoms with Gasteiger partial charge in [-0.25, -0.2) is 0 Å². The lowest BCUT2D eigenvalue weighted by Crippen LogP contribution is -2.38. The van der Waals surface area contributed by atoms with Crippen LogP contribution in [0.2, 0.25) is 0 Å². The molecule has 144 valence electrons. The fourth-order valence-corrected chi connectivity index (χ4v) is 3.22. The van der Waals surface area contributed by atoms with Crippen molar-refractivity contribution < 1.29 is 4.74 Å². The van der Waals surface area contributed by atoms with Gasteiger partial charge < -0.3 is 15.4 Å². The molecule has 5 heteroatoms. The summed E-state index contributed by atoms with van der Waals surface area (Å²) < 4.78 is 5.68. The second-order valence-corrected chi connectivity index (χ2v) is 6.81. The fourth-order valence-electron chi connectivity index (χ4n) is 3.22. The number of nitrogens with zero attached hydrogens (tertiary/aromatic N) is 2. The minimum atomic E-state index is 0.593. The van der Waals surface area contributed by atoms with Crippen molar-refractivity contribution in [2.75, 3.05) is 33.3 Å². The number of benzene rings is 2. The van der Waals surface area contributed by atoms with Gasteiger partial charge in [-0.05, 0) is 49.2 Å². The molecule has 3 rings (SSSR count). The molecular formula is C22H30N4O. The highest BCUT2D eigenvalue weighted by atomic mass is 16.5. The molecule has 0 saturated carbocycles. The predicted octanol–water partition coefficient (Wildman–Crippen LogP) is 3.03. The molecule has 5 nitrogen and oxygen atoms in total. The lowest BCUT2D eigenvalue weighted by molar-refractivity contribution is 0.322. The van der Waals surface area contributed by atoms with Gasteiger partial charge in [0.25, 0.3) is 0 Å². The summed E-state index contributed by atoms with van der Waals surface area (Å²) in [6, 6.07) is 18.7. The third kappa shape index (κ3) is 6.61. The van der Waals surface area contributed by atoms with E-state index in [1.54, 1.807) is 7.05 Å². The van der Waals surface area contributed by atoms with E-state index in [1.807, 2.05) is 30.3 Å². The quantitative estimate of drug-likeness (QED) is 0.428. The first-order chi connectivity index (χ1) is 13.3. The van der Waals surface area contributed by atoms with Crippen molar-refractivity contribution in [2.24, 2.45) is 4.99 Å². The second kappa shape index (κ2) is 10.6. The lowest BCUT2D eigenvalue weighted by Gasteiger charge is -2.15. The molecule has 1 aliphatic rings. The Morgan fingerprint density at radius 3 is 2.37 bits per heavy atom. The summed E-state index contributed by atoms with van der Waals surface area (Å²) in [6.45, 7) is 5.58. The second-order valence-electron chi connectivity index (χ2n) is 6.81. The Hall–Kier alpha value is -2.53. The SMILES string of the molecule is CN=C(NCCOc1ccccc1)NCc1ccc(CN2CCCC2)cc1. The van der Waals surface area contributed by atoms with Crippen LogP contribution in [0.1, 0.15) is 24.0 Å². The molecule has 27 heavy (non-hydrogen) atoms. The zero-order chi connectivity index (χ0) is 18.7. The van der Waals surface area contributed by atoms with E-state index in [4.69, 9.17) is 4.74 Å². The van der Waals surface area contributed by atoms with Crippen LogP contribution >= 0.6 is 0 Å². The van der Waals surface area contributed by atoms with Crippen molar-refractivity contribution in [1.29, 1.82) is 0 Å². The molecule has 2 aromatic rings. The first kappa shape index (κ1) is 19.2. The van der Waals surface area contributed by atoms with Gasteiger partial charge in [0.2, 0.25) is 0 Å². The van der Waals surface area contributed by atoms with Crippen LogP contribution in [0.15, 0.2) is 59.6 Å². The Morgan fingerprint density at radius 1 is 0.963 bits per heavy atom. The van der Waals surface area contributed by atoms with Crippen LogP contribution in [0.5, 0.6) is 5.75 Å². The van der Waals surface area contributed by atoms with Crippen molar-refractivity contribution in [3.63, 3.8) is 0 Å². The van der Waals surface area contributed by atoms with Gasteiger partial charge in [0.05, 0.1) is 6.54 Å². The largest absolute Gasteiger partial charge is 0.492 e. The number of nitrogens with one attached hydrogen (secondary N) is 2. The average Bonchev–Trinajstić information content (AvgIpc) is 3.22. The van der Waals surface area contributed by atoms with Crippen molar-refractivity contribution in [3.05, 3.63) is 65.7 Å². The van der Waals surface area contributed by atoms with E-state index in [0.717, 1.165) is 24.8 Å². The first-order valence-corrected chi connectivity index (χ1v) is 9.76. The van der Waals surface area contributed by atoms with E-state index in [0.29, 0.717) is 13.2 Å². The maximum absolute atomic E-state index is 5.68. The molecule has 0 aliphatic carbocycles. The lowest BCUT2D eigenvalue weighted by atomic mass is 10.1. The normalized spacial score (nSPS) is 14.9. The molecule has 0 bridgehead atoms. The van der Waals surface area contributed by atoms with Crippen LogP contribution in [0, 0.1) is 0 Å². The number of hydrogen-bond acceptors (Lipinski definition) is 3. The van der Waals surface area contributed by atoms with E-state index in [1.165, 1.54) is 37.1 Å². The Bertz CT molecular complexity index is 694. The van der Waals surface area contributed by atoms with Crippen LogP contribution in [-0.2, 0) is 13.1 Å². The summed E-state index contributed by atoms with van der Waals surface area (Å²) in [5, 5.41) is 6.63. The third-order valence-corrected chi connectivity index (χ3v) is 4.72. The summed E-state index contributed by atoms with van der Waals surface area (Å²) in [4.78, 5) is 6.79. The summed E-state index contributed by atoms with van der Waals surface area (Å²) in [5.41, 5.74) is 2.64. The summed E-state index contributed by atoms with van der Waals surface area (Å²) in [6.07, 6.45) is 2.68. The topological polar surface area (TPSA) is 48.9 Å². The van der Waals surface area contributed by atoms with Gasteiger partial charge in [-0.2, -0.15) is 0 Å². The number of hydrogen-bond donors (Lipinski definition) is 2. The standard InChI is InChI=1S/C22H30N4O/c1-23-22(24-13-16-27-21-7-3-2-4-8-21)25-17-19-9-11-20(12-10-19)18-26-14-5-6-15-26/h2-4,7-12H,5-6,13-18H2,1H3,(H2,23,24,25). The molecule has 2 aromatic carbocycles. The van der Waals surface area contributed by atoms with Gasteiger partial charge in [0.15, 0.2) is 5.96 Å². The Morgan fingerprint density at radius 2 is 1.67 bits per heavy atom. The number of para-hydroxylation sites is 1. The van der Waals surface area contributed by atoms with Gasteiger partial charge in [-0.3, -0.25) is 9.89 Å². The maximum atomic E-state index is 5.68. The summed E-state index contributed by atoms with van der Waals surface area (Å²) in [7, 11) is 1.78. The zero-order valence-corrected chi connectivity index (χ0v) is 16.2. The van der Waals surface area contributed by atoms with Gasteiger partial charge in [-0.1, -0.05) is 42.5 Å². The van der Waals surface area contributed by atoms with Gasteiger partial charge in [0.1, 0.15) is 12.4 Å². The van der Waals surface area contributed by atoms with Crippen molar-refractivity contribution in [2.45, 2.75) is 25.9 Å². The predicted molar refractivity (Wildman–Crippen MR) is 111 cm³/mol. The molecule has 0 aromatic heterocycles. The summed E-state index contributed by atoms with van der Waals surface area (Å²) in [5.74, 6) is 1.67. The maximum Gasteiger partial charge on any atom is 0.191 e. The van der Waals surface area contributed by atoms with Gasteiger partial charge in [0, 0.05) is 20.1 Å². The zero-order valence-electron chi connectivity index (χ0n) is 16.2. The van der Waals surface area contributed by atoms with Crippen LogP contribution in [0.25, 0.3) is 0 Å². The summed E-state index contributed by atoms with van der Waals surface area (Å²) >= 11 is 0. The Labute approximate surface area is 162 Å². The van der Waals surface area contributed by atoms with E-state index in [-0.39, 0.29) is 0 Å². The number of guanidine groups is 1. The number of likely N-dealkylation sites (tertiary alicyclic amines) is 1. The van der Waals surface area contributed by atoms with E-state index >= 15 is 0 Å². The Balaban J connectivity index is 1.36. The monoisotopic (exact) mass is 366 g/mol. The van der Waals surface area contributed by atoms with E-state index < -0.39 is 0 Å². The molecule has 2 N–H and O–H groups in total. The average molecular weight is 367 g/mol. The third-order valence-electron chi connectivity index (χ3n) is 4.72. The minimum absolute atomic E-state index is 0.593. The minimum Gasteiger partial charge on any atom is -0.492 e. The molecule has 1 saturated heterocycles. The molecule has 0 atom stereocenters. The highest BCUT2D eigenvalue weighted by Gasteiger charge is 2.11. The highest BCUT2D eigenvalue weighted by molar-refractivity contribution is 5.79. The fraction of sp³-hybridized carbons (Fsp3) is 0.409. The number of rotatable bonds is 8. The van der Waals surface area contributed by atoms with Crippen molar-refractivity contribution >= 4 is 5.96 Å². The van der Waals surface area contributed by atoms with Crippen LogP contribution in [-0.4, -0.2) is 44.1 Å². The number of aliphatic imine (C=N–C) groups is 1. The molecule has 1 fully saturated rings.